The van der Waals surface area contributed by atoms with Crippen LogP contribution >= 0.6 is 0 Å². The van der Waals surface area contributed by atoms with E-state index in [1.54, 1.807) is 0 Å². The molecular formula is C19H30N2. The third-order valence-corrected chi connectivity index (χ3v) is 5.28. The Morgan fingerprint density at radius 1 is 1.24 bits per heavy atom. The molecule has 0 heterocycles. The first kappa shape index (κ1) is 14.9. The zero-order valence-corrected chi connectivity index (χ0v) is 13.7. The van der Waals surface area contributed by atoms with E-state index in [-0.39, 0.29) is 0 Å². The molecule has 2 aliphatic carbocycles. The van der Waals surface area contributed by atoms with Crippen LogP contribution in [0, 0.1) is 12.3 Å². The molecule has 0 atom stereocenters. The number of nitrogens with zero attached hydrogens (tertiary/aromatic N) is 1. The molecule has 116 valence electrons. The molecule has 0 unspecified atom stereocenters. The standard InChI is InChI=1S/C19H30N2/c1-3-21(18-8-6-7-16(2)13-18)15-19(11-4-5-12-19)14-20-17-9-10-17/h6-8,13,17,20H,3-5,9-12,14-15H2,1-2H3. The summed E-state index contributed by atoms with van der Waals surface area (Å²) >= 11 is 0. The summed E-state index contributed by atoms with van der Waals surface area (Å²) in [6.45, 7) is 8.03. The molecule has 2 fully saturated rings. The molecular weight excluding hydrogens is 256 g/mol. The average Bonchev–Trinajstić information content (AvgIpc) is 3.22. The molecule has 0 radical (unpaired) electrons. The Hall–Kier alpha value is -1.02. The molecule has 2 nitrogen and oxygen atoms in total. The first-order valence-corrected chi connectivity index (χ1v) is 8.76. The SMILES string of the molecule is CCN(CC1(CNC2CC2)CCCC1)c1cccc(C)c1. The van der Waals surface area contributed by atoms with Gasteiger partial charge < -0.3 is 10.2 Å². The van der Waals surface area contributed by atoms with Crippen molar-refractivity contribution in [2.24, 2.45) is 5.41 Å². The molecule has 2 heteroatoms. The summed E-state index contributed by atoms with van der Waals surface area (Å²) in [7, 11) is 0. The van der Waals surface area contributed by atoms with Crippen LogP contribution in [0.15, 0.2) is 24.3 Å². The van der Waals surface area contributed by atoms with E-state index in [0.29, 0.717) is 5.41 Å². The van der Waals surface area contributed by atoms with Crippen LogP contribution in [0.3, 0.4) is 0 Å². The Morgan fingerprint density at radius 3 is 2.62 bits per heavy atom. The highest BCUT2D eigenvalue weighted by Crippen LogP contribution is 2.40. The zero-order valence-electron chi connectivity index (χ0n) is 13.7. The van der Waals surface area contributed by atoms with E-state index in [4.69, 9.17) is 0 Å². The van der Waals surface area contributed by atoms with Crippen LogP contribution in [-0.2, 0) is 0 Å². The number of anilines is 1. The molecule has 0 aromatic heterocycles. The molecule has 1 N–H and O–H groups in total. The molecule has 0 saturated heterocycles. The van der Waals surface area contributed by atoms with E-state index in [9.17, 15) is 0 Å². The Kier molecular flexibility index (Phi) is 4.54. The van der Waals surface area contributed by atoms with Gasteiger partial charge in [-0.05, 0) is 57.2 Å². The largest absolute Gasteiger partial charge is 0.371 e. The number of hydrogen-bond donors (Lipinski definition) is 1. The van der Waals surface area contributed by atoms with Gasteiger partial charge in [0.05, 0.1) is 0 Å². The van der Waals surface area contributed by atoms with Crippen LogP contribution in [0.2, 0.25) is 0 Å². The summed E-state index contributed by atoms with van der Waals surface area (Å²) in [6.07, 6.45) is 8.41. The fourth-order valence-electron chi connectivity index (χ4n) is 3.78. The van der Waals surface area contributed by atoms with Crippen molar-refractivity contribution in [3.8, 4) is 0 Å². The highest BCUT2D eigenvalue weighted by atomic mass is 15.1. The molecule has 0 spiro atoms. The second kappa shape index (κ2) is 6.39. The molecule has 2 saturated carbocycles. The average molecular weight is 286 g/mol. The van der Waals surface area contributed by atoms with E-state index >= 15 is 0 Å². The Bertz CT molecular complexity index is 458. The van der Waals surface area contributed by atoms with Crippen molar-refractivity contribution < 1.29 is 0 Å². The zero-order chi connectivity index (χ0) is 14.7. The third-order valence-electron chi connectivity index (χ3n) is 5.28. The molecule has 3 rings (SSSR count). The van der Waals surface area contributed by atoms with Crippen molar-refractivity contribution >= 4 is 5.69 Å². The van der Waals surface area contributed by atoms with Gasteiger partial charge in [-0.2, -0.15) is 0 Å². The highest BCUT2D eigenvalue weighted by Gasteiger charge is 2.36. The molecule has 21 heavy (non-hydrogen) atoms. The second-order valence-electron chi connectivity index (χ2n) is 7.22. The van der Waals surface area contributed by atoms with E-state index < -0.39 is 0 Å². The molecule has 2 aliphatic rings. The van der Waals surface area contributed by atoms with Gasteiger partial charge in [-0.3, -0.25) is 0 Å². The lowest BCUT2D eigenvalue weighted by molar-refractivity contribution is 0.282. The van der Waals surface area contributed by atoms with Crippen molar-refractivity contribution in [2.75, 3.05) is 24.5 Å². The van der Waals surface area contributed by atoms with Gasteiger partial charge in [0.15, 0.2) is 0 Å². The van der Waals surface area contributed by atoms with Crippen LogP contribution < -0.4 is 10.2 Å². The Morgan fingerprint density at radius 2 is 2.00 bits per heavy atom. The first-order valence-electron chi connectivity index (χ1n) is 8.76. The minimum absolute atomic E-state index is 0.502. The van der Waals surface area contributed by atoms with E-state index in [2.05, 4.69) is 48.3 Å². The smallest absolute Gasteiger partial charge is 0.0368 e. The number of rotatable bonds is 7. The Labute approximate surface area is 129 Å². The molecule has 1 aromatic rings. The predicted molar refractivity (Wildman–Crippen MR) is 91.0 cm³/mol. The van der Waals surface area contributed by atoms with Gasteiger partial charge in [0.2, 0.25) is 0 Å². The number of nitrogens with one attached hydrogen (secondary N) is 1. The summed E-state index contributed by atoms with van der Waals surface area (Å²) in [6, 6.07) is 9.82. The van der Waals surface area contributed by atoms with Crippen molar-refractivity contribution in [1.29, 1.82) is 0 Å². The van der Waals surface area contributed by atoms with E-state index in [1.165, 1.54) is 62.9 Å². The van der Waals surface area contributed by atoms with Gasteiger partial charge in [0.25, 0.3) is 0 Å². The topological polar surface area (TPSA) is 15.3 Å². The van der Waals surface area contributed by atoms with Gasteiger partial charge in [0, 0.05) is 36.8 Å². The maximum atomic E-state index is 3.80. The maximum Gasteiger partial charge on any atom is 0.0368 e. The normalized spacial score (nSPS) is 20.7. The van der Waals surface area contributed by atoms with Crippen LogP contribution in [0.25, 0.3) is 0 Å². The highest BCUT2D eigenvalue weighted by molar-refractivity contribution is 5.48. The predicted octanol–water partition coefficient (Wildman–Crippen LogP) is 4.13. The lowest BCUT2D eigenvalue weighted by Gasteiger charge is -2.36. The second-order valence-corrected chi connectivity index (χ2v) is 7.22. The summed E-state index contributed by atoms with van der Waals surface area (Å²) in [5.41, 5.74) is 3.26. The van der Waals surface area contributed by atoms with Crippen LogP contribution in [-0.4, -0.2) is 25.7 Å². The van der Waals surface area contributed by atoms with Crippen LogP contribution in [0.5, 0.6) is 0 Å². The summed E-state index contributed by atoms with van der Waals surface area (Å²) < 4.78 is 0. The quantitative estimate of drug-likeness (QED) is 0.810. The summed E-state index contributed by atoms with van der Waals surface area (Å²) in [5.74, 6) is 0. The lowest BCUT2D eigenvalue weighted by Crippen LogP contribution is -2.43. The van der Waals surface area contributed by atoms with Gasteiger partial charge in [-0.25, -0.2) is 0 Å². The molecule has 1 aromatic carbocycles. The van der Waals surface area contributed by atoms with Gasteiger partial charge in [0.1, 0.15) is 0 Å². The van der Waals surface area contributed by atoms with Gasteiger partial charge >= 0.3 is 0 Å². The minimum atomic E-state index is 0.502. The molecule has 0 aliphatic heterocycles. The Balaban J connectivity index is 1.70. The van der Waals surface area contributed by atoms with Crippen molar-refractivity contribution in [3.05, 3.63) is 29.8 Å². The lowest BCUT2D eigenvalue weighted by atomic mass is 9.85. The van der Waals surface area contributed by atoms with Crippen molar-refractivity contribution in [3.63, 3.8) is 0 Å². The van der Waals surface area contributed by atoms with E-state index in [1.807, 2.05) is 0 Å². The molecule has 0 amide bonds. The van der Waals surface area contributed by atoms with Gasteiger partial charge in [-0.15, -0.1) is 0 Å². The maximum absolute atomic E-state index is 3.80. The number of aryl methyl sites for hydroxylation is 1. The fourth-order valence-corrected chi connectivity index (χ4v) is 3.78. The summed E-state index contributed by atoms with van der Waals surface area (Å²) in [5, 5.41) is 3.80. The number of benzene rings is 1. The monoisotopic (exact) mass is 286 g/mol. The van der Waals surface area contributed by atoms with Gasteiger partial charge in [-0.1, -0.05) is 25.0 Å². The minimum Gasteiger partial charge on any atom is -0.371 e. The van der Waals surface area contributed by atoms with Crippen LogP contribution in [0.1, 0.15) is 51.0 Å². The van der Waals surface area contributed by atoms with Crippen molar-refractivity contribution in [2.45, 2.75) is 58.4 Å². The van der Waals surface area contributed by atoms with Crippen LogP contribution in [0.4, 0.5) is 5.69 Å². The fraction of sp³-hybridized carbons (Fsp3) is 0.684. The third kappa shape index (κ3) is 3.79. The van der Waals surface area contributed by atoms with Crippen molar-refractivity contribution in [1.82, 2.24) is 5.32 Å². The first-order chi connectivity index (χ1) is 10.2. The number of hydrogen-bond acceptors (Lipinski definition) is 2. The van der Waals surface area contributed by atoms with E-state index in [0.717, 1.165) is 12.6 Å². The molecule has 0 bridgehead atoms. The summed E-state index contributed by atoms with van der Waals surface area (Å²) in [4.78, 5) is 2.59.